The summed E-state index contributed by atoms with van der Waals surface area (Å²) >= 11 is 0. The highest BCUT2D eigenvalue weighted by atomic mass is 16.3. The number of hydrogen-bond donors (Lipinski definition) is 2. The number of hydrogen-bond acceptors (Lipinski definition) is 2. The lowest BCUT2D eigenvalue weighted by molar-refractivity contribution is -0.0382. The maximum Gasteiger partial charge on any atom is 0.0618 e. The molecule has 0 radical (unpaired) electrons. The first kappa shape index (κ1) is 9.47. The lowest BCUT2D eigenvalue weighted by Crippen LogP contribution is -2.39. The van der Waals surface area contributed by atoms with Crippen LogP contribution in [-0.4, -0.2) is 22.9 Å². The standard InChI is InChI=1S/C11H20O2/c1-10(2)7-4-9(13)11(3,6-12)5-8(7)10/h7-9,12-13H,4-6H2,1-3H3. The molecule has 2 saturated carbocycles. The van der Waals surface area contributed by atoms with Crippen LogP contribution in [-0.2, 0) is 0 Å². The van der Waals surface area contributed by atoms with E-state index in [2.05, 4.69) is 13.8 Å². The Bertz CT molecular complexity index is 224. The molecule has 76 valence electrons. The summed E-state index contributed by atoms with van der Waals surface area (Å²) in [6.07, 6.45) is 1.57. The van der Waals surface area contributed by atoms with Crippen LogP contribution in [0, 0.1) is 22.7 Å². The van der Waals surface area contributed by atoms with Gasteiger partial charge in [-0.3, -0.25) is 0 Å². The fraction of sp³-hybridized carbons (Fsp3) is 1.00. The normalized spacial score (nSPS) is 52.8. The molecule has 2 aliphatic rings. The lowest BCUT2D eigenvalue weighted by Gasteiger charge is -2.36. The summed E-state index contributed by atoms with van der Waals surface area (Å²) in [5.74, 6) is 1.43. The van der Waals surface area contributed by atoms with Crippen molar-refractivity contribution in [1.82, 2.24) is 0 Å². The molecule has 0 aromatic carbocycles. The van der Waals surface area contributed by atoms with Crippen LogP contribution in [0.25, 0.3) is 0 Å². The van der Waals surface area contributed by atoms with E-state index in [1.165, 1.54) is 0 Å². The summed E-state index contributed by atoms with van der Waals surface area (Å²) in [4.78, 5) is 0. The van der Waals surface area contributed by atoms with Crippen molar-refractivity contribution in [3.05, 3.63) is 0 Å². The van der Waals surface area contributed by atoms with Crippen molar-refractivity contribution in [2.45, 2.75) is 39.7 Å². The van der Waals surface area contributed by atoms with Gasteiger partial charge in [0.05, 0.1) is 12.7 Å². The third-order valence-corrected chi connectivity index (χ3v) is 4.62. The van der Waals surface area contributed by atoms with Gasteiger partial charge in [-0.1, -0.05) is 20.8 Å². The minimum absolute atomic E-state index is 0.119. The number of aliphatic hydroxyl groups is 2. The van der Waals surface area contributed by atoms with E-state index < -0.39 is 0 Å². The van der Waals surface area contributed by atoms with Crippen LogP contribution in [0.3, 0.4) is 0 Å². The average molecular weight is 184 g/mol. The molecule has 2 N–H and O–H groups in total. The van der Waals surface area contributed by atoms with Crippen molar-refractivity contribution >= 4 is 0 Å². The highest BCUT2D eigenvalue weighted by Gasteiger charge is 2.63. The Hall–Kier alpha value is -0.0800. The molecule has 2 rings (SSSR count). The molecule has 2 heteroatoms. The van der Waals surface area contributed by atoms with E-state index in [9.17, 15) is 10.2 Å². The average Bonchev–Trinajstić information content (AvgIpc) is 2.56. The summed E-state index contributed by atoms with van der Waals surface area (Å²) in [5, 5.41) is 19.2. The zero-order valence-corrected chi connectivity index (χ0v) is 8.75. The molecule has 0 aromatic heterocycles. The van der Waals surface area contributed by atoms with E-state index in [1.54, 1.807) is 0 Å². The predicted octanol–water partition coefficient (Wildman–Crippen LogP) is 1.41. The zero-order chi connectivity index (χ0) is 9.85. The molecule has 2 nitrogen and oxygen atoms in total. The van der Waals surface area contributed by atoms with Gasteiger partial charge >= 0.3 is 0 Å². The minimum atomic E-state index is -0.305. The molecule has 0 aromatic rings. The molecular weight excluding hydrogens is 164 g/mol. The molecule has 2 aliphatic carbocycles. The second-order valence-corrected chi connectivity index (χ2v) is 5.80. The van der Waals surface area contributed by atoms with E-state index in [0.717, 1.165) is 18.8 Å². The van der Waals surface area contributed by atoms with Crippen molar-refractivity contribution in [2.75, 3.05) is 6.61 Å². The van der Waals surface area contributed by atoms with Gasteiger partial charge in [-0.05, 0) is 30.1 Å². The fourth-order valence-electron chi connectivity index (χ4n) is 3.06. The maximum absolute atomic E-state index is 9.90. The van der Waals surface area contributed by atoms with Gasteiger partial charge in [0.2, 0.25) is 0 Å². The monoisotopic (exact) mass is 184 g/mol. The lowest BCUT2D eigenvalue weighted by atomic mass is 9.74. The van der Waals surface area contributed by atoms with Crippen molar-refractivity contribution < 1.29 is 10.2 Å². The van der Waals surface area contributed by atoms with Gasteiger partial charge in [0.1, 0.15) is 0 Å². The predicted molar refractivity (Wildman–Crippen MR) is 51.2 cm³/mol. The second-order valence-electron chi connectivity index (χ2n) is 5.80. The number of fused-ring (bicyclic) bond motifs is 1. The Morgan fingerprint density at radius 3 is 2.38 bits per heavy atom. The fourth-order valence-corrected chi connectivity index (χ4v) is 3.06. The molecule has 0 amide bonds. The van der Waals surface area contributed by atoms with Crippen molar-refractivity contribution in [2.24, 2.45) is 22.7 Å². The summed E-state index contributed by atoms with van der Waals surface area (Å²) in [5.41, 5.74) is 0.169. The summed E-state index contributed by atoms with van der Waals surface area (Å²) < 4.78 is 0. The van der Waals surface area contributed by atoms with Crippen LogP contribution in [0.4, 0.5) is 0 Å². The first-order chi connectivity index (χ1) is 5.92. The zero-order valence-electron chi connectivity index (χ0n) is 8.75. The van der Waals surface area contributed by atoms with Gasteiger partial charge in [-0.15, -0.1) is 0 Å². The molecule has 0 saturated heterocycles. The first-order valence-corrected chi connectivity index (χ1v) is 5.21. The van der Waals surface area contributed by atoms with Gasteiger partial charge in [0.15, 0.2) is 0 Å². The molecule has 0 aliphatic heterocycles. The van der Waals surface area contributed by atoms with Crippen molar-refractivity contribution in [3.63, 3.8) is 0 Å². The molecule has 13 heavy (non-hydrogen) atoms. The largest absolute Gasteiger partial charge is 0.396 e. The molecule has 0 spiro atoms. The summed E-state index contributed by atoms with van der Waals surface area (Å²) in [7, 11) is 0. The third kappa shape index (κ3) is 1.15. The van der Waals surface area contributed by atoms with Gasteiger partial charge in [0.25, 0.3) is 0 Å². The highest BCUT2D eigenvalue weighted by molar-refractivity contribution is 5.12. The van der Waals surface area contributed by atoms with E-state index in [0.29, 0.717) is 11.3 Å². The van der Waals surface area contributed by atoms with E-state index in [1.807, 2.05) is 6.92 Å². The Balaban J connectivity index is 2.13. The Morgan fingerprint density at radius 2 is 1.85 bits per heavy atom. The van der Waals surface area contributed by atoms with E-state index in [-0.39, 0.29) is 18.1 Å². The van der Waals surface area contributed by atoms with Gasteiger partial charge in [-0.25, -0.2) is 0 Å². The molecule has 2 fully saturated rings. The maximum atomic E-state index is 9.90. The van der Waals surface area contributed by atoms with Crippen molar-refractivity contribution in [3.8, 4) is 0 Å². The van der Waals surface area contributed by atoms with Gasteiger partial charge in [-0.2, -0.15) is 0 Å². The van der Waals surface area contributed by atoms with Gasteiger partial charge < -0.3 is 10.2 Å². The quantitative estimate of drug-likeness (QED) is 0.647. The smallest absolute Gasteiger partial charge is 0.0618 e. The van der Waals surface area contributed by atoms with Crippen LogP contribution >= 0.6 is 0 Å². The van der Waals surface area contributed by atoms with Gasteiger partial charge in [0, 0.05) is 5.41 Å². The summed E-state index contributed by atoms with van der Waals surface area (Å²) in [6, 6.07) is 0. The topological polar surface area (TPSA) is 40.5 Å². The molecule has 4 atom stereocenters. The molecule has 0 heterocycles. The Morgan fingerprint density at radius 1 is 1.23 bits per heavy atom. The molecular formula is C11H20O2. The first-order valence-electron chi connectivity index (χ1n) is 5.21. The van der Waals surface area contributed by atoms with Crippen molar-refractivity contribution in [1.29, 1.82) is 0 Å². The highest BCUT2D eigenvalue weighted by Crippen LogP contribution is 2.67. The Labute approximate surface area is 80.0 Å². The second kappa shape index (κ2) is 2.48. The SMILES string of the molecule is CC1(CO)CC2C(CC1O)C2(C)C. The van der Waals surface area contributed by atoms with Crippen LogP contribution in [0.1, 0.15) is 33.6 Å². The molecule has 4 unspecified atom stereocenters. The summed E-state index contributed by atoms with van der Waals surface area (Å²) in [6.45, 7) is 6.67. The number of rotatable bonds is 1. The minimum Gasteiger partial charge on any atom is -0.396 e. The van der Waals surface area contributed by atoms with Crippen LogP contribution < -0.4 is 0 Å². The third-order valence-electron chi connectivity index (χ3n) is 4.62. The van der Waals surface area contributed by atoms with Crippen LogP contribution in [0.5, 0.6) is 0 Å². The van der Waals surface area contributed by atoms with E-state index >= 15 is 0 Å². The van der Waals surface area contributed by atoms with Crippen LogP contribution in [0.2, 0.25) is 0 Å². The van der Waals surface area contributed by atoms with E-state index in [4.69, 9.17) is 0 Å². The van der Waals surface area contributed by atoms with Crippen LogP contribution in [0.15, 0.2) is 0 Å². The Kier molecular flexibility index (Phi) is 1.81. The molecule has 0 bridgehead atoms. The number of aliphatic hydroxyl groups excluding tert-OH is 2.